The summed E-state index contributed by atoms with van der Waals surface area (Å²) in [6.07, 6.45) is 0.865. The molecule has 9 heteroatoms. The molecule has 0 aromatic heterocycles. The van der Waals surface area contributed by atoms with E-state index >= 15 is 0 Å². The molecule has 1 aromatic carbocycles. The molecule has 126 valence electrons. The average Bonchev–Trinajstić information content (AvgIpc) is 2.44. The van der Waals surface area contributed by atoms with E-state index in [0.29, 0.717) is 6.54 Å². The number of nitrogens with one attached hydrogen (secondary N) is 3. The van der Waals surface area contributed by atoms with Gasteiger partial charge >= 0.3 is 0 Å². The number of carbonyl (C=O) groups is 1. The third-order valence-electron chi connectivity index (χ3n) is 2.69. The Morgan fingerprint density at radius 1 is 1.14 bits per heavy atom. The highest BCUT2D eigenvalue weighted by atomic mass is 35.5. The van der Waals surface area contributed by atoms with Gasteiger partial charge in [-0.25, -0.2) is 17.5 Å². The number of halogens is 2. The predicted octanol–water partition coefficient (Wildman–Crippen LogP) is 0.642. The maximum atomic E-state index is 12.7. The van der Waals surface area contributed by atoms with Crippen LogP contribution in [0.2, 0.25) is 0 Å². The quantitative estimate of drug-likeness (QED) is 0.569. The monoisotopic (exact) mass is 353 g/mol. The molecular weight excluding hydrogens is 333 g/mol. The number of benzene rings is 1. The summed E-state index contributed by atoms with van der Waals surface area (Å²) in [5.41, 5.74) is 0. The number of hydrogen-bond acceptors (Lipinski definition) is 4. The number of carbonyl (C=O) groups excluding carboxylic acids is 1. The van der Waals surface area contributed by atoms with Gasteiger partial charge in [-0.15, -0.1) is 12.4 Å². The Bertz CT molecular complexity index is 552. The largest absolute Gasteiger partial charge is 0.356 e. The van der Waals surface area contributed by atoms with E-state index in [2.05, 4.69) is 15.4 Å². The topological polar surface area (TPSA) is 87.3 Å². The van der Waals surface area contributed by atoms with E-state index in [1.165, 1.54) is 12.1 Å². The summed E-state index contributed by atoms with van der Waals surface area (Å²) in [5.74, 6) is -0.720. The van der Waals surface area contributed by atoms with Crippen molar-refractivity contribution in [1.82, 2.24) is 15.4 Å². The van der Waals surface area contributed by atoms with Gasteiger partial charge in [-0.1, -0.05) is 0 Å². The zero-order chi connectivity index (χ0) is 15.7. The van der Waals surface area contributed by atoms with Gasteiger partial charge in [-0.2, -0.15) is 0 Å². The Kier molecular flexibility index (Phi) is 9.91. The van der Waals surface area contributed by atoms with Crippen LogP contribution in [-0.2, 0) is 14.8 Å². The van der Waals surface area contributed by atoms with Crippen LogP contribution in [0.5, 0.6) is 0 Å². The van der Waals surface area contributed by atoms with E-state index in [9.17, 15) is 17.6 Å². The third-order valence-corrected chi connectivity index (χ3v) is 4.17. The van der Waals surface area contributed by atoms with Gasteiger partial charge in [-0.05, 0) is 44.3 Å². The Hall–Kier alpha value is -1.22. The molecule has 0 fully saturated rings. The number of amides is 1. The first-order chi connectivity index (χ1) is 9.95. The van der Waals surface area contributed by atoms with Crippen LogP contribution in [0.25, 0.3) is 0 Å². The van der Waals surface area contributed by atoms with E-state index in [1.807, 2.05) is 7.05 Å². The lowest BCUT2D eigenvalue weighted by Crippen LogP contribution is -2.31. The maximum absolute atomic E-state index is 12.7. The highest BCUT2D eigenvalue weighted by Crippen LogP contribution is 2.09. The molecule has 1 rings (SSSR count). The standard InChI is InChI=1S/C13H20FN3O3S.ClH/c1-15-8-2-9-16-13(18)7-10-17-21(19,20)12-5-3-11(14)4-6-12;/h3-6,15,17H,2,7-10H2,1H3,(H,16,18);1H. The van der Waals surface area contributed by atoms with Crippen molar-refractivity contribution in [2.24, 2.45) is 0 Å². The van der Waals surface area contributed by atoms with Crippen LogP contribution in [0.4, 0.5) is 4.39 Å². The second-order valence-corrected chi connectivity index (χ2v) is 6.18. The van der Waals surface area contributed by atoms with E-state index in [0.717, 1.165) is 25.1 Å². The van der Waals surface area contributed by atoms with Gasteiger partial charge in [0.05, 0.1) is 4.90 Å². The lowest BCUT2D eigenvalue weighted by Gasteiger charge is -2.07. The van der Waals surface area contributed by atoms with Crippen molar-refractivity contribution >= 4 is 28.3 Å². The van der Waals surface area contributed by atoms with Crippen LogP contribution in [0.3, 0.4) is 0 Å². The molecule has 22 heavy (non-hydrogen) atoms. The summed E-state index contributed by atoms with van der Waals surface area (Å²) in [6, 6.07) is 4.50. The van der Waals surface area contributed by atoms with E-state index < -0.39 is 15.8 Å². The van der Waals surface area contributed by atoms with Crippen LogP contribution in [-0.4, -0.2) is 41.0 Å². The second-order valence-electron chi connectivity index (χ2n) is 4.41. The second kappa shape index (κ2) is 10.5. The number of hydrogen-bond donors (Lipinski definition) is 3. The van der Waals surface area contributed by atoms with E-state index in [4.69, 9.17) is 0 Å². The first-order valence-corrected chi connectivity index (χ1v) is 8.10. The minimum absolute atomic E-state index is 0. The first-order valence-electron chi connectivity index (χ1n) is 6.62. The molecule has 0 radical (unpaired) electrons. The summed E-state index contributed by atoms with van der Waals surface area (Å²) in [6.45, 7) is 1.35. The minimum Gasteiger partial charge on any atom is -0.356 e. The van der Waals surface area contributed by atoms with Crippen LogP contribution in [0.1, 0.15) is 12.8 Å². The molecule has 0 heterocycles. The number of rotatable bonds is 9. The zero-order valence-electron chi connectivity index (χ0n) is 12.3. The van der Waals surface area contributed by atoms with E-state index in [1.54, 1.807) is 0 Å². The van der Waals surface area contributed by atoms with Crippen LogP contribution in [0.15, 0.2) is 29.2 Å². The van der Waals surface area contributed by atoms with Gasteiger partial charge < -0.3 is 10.6 Å². The Balaban J connectivity index is 0.00000441. The molecule has 0 saturated carbocycles. The van der Waals surface area contributed by atoms with Crippen molar-refractivity contribution < 1.29 is 17.6 Å². The fraction of sp³-hybridized carbons (Fsp3) is 0.462. The molecule has 0 aliphatic rings. The van der Waals surface area contributed by atoms with Crippen molar-refractivity contribution in [2.75, 3.05) is 26.7 Å². The molecule has 0 unspecified atom stereocenters. The van der Waals surface area contributed by atoms with Crippen molar-refractivity contribution in [1.29, 1.82) is 0 Å². The van der Waals surface area contributed by atoms with Crippen LogP contribution >= 0.6 is 12.4 Å². The molecule has 0 atom stereocenters. The fourth-order valence-electron chi connectivity index (χ4n) is 1.58. The summed E-state index contributed by atoms with van der Waals surface area (Å²) >= 11 is 0. The Morgan fingerprint density at radius 2 is 1.77 bits per heavy atom. The lowest BCUT2D eigenvalue weighted by molar-refractivity contribution is -0.120. The summed E-state index contributed by atoms with van der Waals surface area (Å²) in [7, 11) is -1.88. The molecule has 0 aliphatic carbocycles. The first kappa shape index (κ1) is 20.8. The SMILES string of the molecule is CNCCCNC(=O)CCNS(=O)(=O)c1ccc(F)cc1.Cl. The Morgan fingerprint density at radius 3 is 2.36 bits per heavy atom. The van der Waals surface area contributed by atoms with Gasteiger partial charge in [0.25, 0.3) is 0 Å². The molecule has 1 aromatic rings. The molecule has 0 spiro atoms. The predicted molar refractivity (Wildman–Crippen MR) is 85.0 cm³/mol. The summed E-state index contributed by atoms with van der Waals surface area (Å²) in [5, 5.41) is 5.64. The van der Waals surface area contributed by atoms with Gasteiger partial charge in [0.2, 0.25) is 15.9 Å². The third kappa shape index (κ3) is 7.69. The Labute approximate surface area is 136 Å². The molecule has 0 aliphatic heterocycles. The highest BCUT2D eigenvalue weighted by molar-refractivity contribution is 7.89. The molecular formula is C13H21ClFN3O3S. The fourth-order valence-corrected chi connectivity index (χ4v) is 2.61. The normalized spacial score (nSPS) is 10.8. The highest BCUT2D eigenvalue weighted by Gasteiger charge is 2.13. The average molecular weight is 354 g/mol. The van der Waals surface area contributed by atoms with Crippen LogP contribution < -0.4 is 15.4 Å². The summed E-state index contributed by atoms with van der Waals surface area (Å²) < 4.78 is 38.7. The number of sulfonamides is 1. The van der Waals surface area contributed by atoms with Crippen molar-refractivity contribution in [3.8, 4) is 0 Å². The zero-order valence-corrected chi connectivity index (χ0v) is 13.9. The molecule has 0 bridgehead atoms. The van der Waals surface area contributed by atoms with Crippen molar-refractivity contribution in [3.63, 3.8) is 0 Å². The van der Waals surface area contributed by atoms with E-state index in [-0.39, 0.29) is 36.2 Å². The molecule has 3 N–H and O–H groups in total. The molecule has 0 saturated heterocycles. The molecule has 1 amide bonds. The van der Waals surface area contributed by atoms with Crippen molar-refractivity contribution in [3.05, 3.63) is 30.1 Å². The smallest absolute Gasteiger partial charge is 0.240 e. The van der Waals surface area contributed by atoms with Crippen LogP contribution in [0, 0.1) is 5.82 Å². The maximum Gasteiger partial charge on any atom is 0.240 e. The van der Waals surface area contributed by atoms with Gasteiger partial charge in [0.1, 0.15) is 5.82 Å². The van der Waals surface area contributed by atoms with Gasteiger partial charge in [-0.3, -0.25) is 4.79 Å². The molecule has 6 nitrogen and oxygen atoms in total. The van der Waals surface area contributed by atoms with Gasteiger partial charge in [0, 0.05) is 19.5 Å². The lowest BCUT2D eigenvalue weighted by atomic mass is 10.3. The summed E-state index contributed by atoms with van der Waals surface area (Å²) in [4.78, 5) is 11.4. The minimum atomic E-state index is -3.71. The van der Waals surface area contributed by atoms with Crippen molar-refractivity contribution in [2.45, 2.75) is 17.7 Å². The van der Waals surface area contributed by atoms with Gasteiger partial charge in [0.15, 0.2) is 0 Å².